The van der Waals surface area contributed by atoms with Gasteiger partial charge >= 0.3 is 0 Å². The third-order valence-electron chi connectivity index (χ3n) is 3.20. The molecule has 3 nitrogen and oxygen atoms in total. The summed E-state index contributed by atoms with van der Waals surface area (Å²) < 4.78 is 10.5. The third-order valence-corrected chi connectivity index (χ3v) is 3.43. The molecule has 0 amide bonds. The number of hydrogen-bond donors (Lipinski definition) is 1. The highest BCUT2D eigenvalue weighted by Gasteiger charge is 2.10. The second kappa shape index (κ2) is 11.1. The molecule has 1 aromatic rings. The lowest BCUT2D eigenvalue weighted by atomic mass is 9.96. The molecule has 1 atom stereocenters. The summed E-state index contributed by atoms with van der Waals surface area (Å²) in [6, 6.07) is 8.11. The molecule has 0 spiro atoms. The fraction of sp³-hybridized carbons (Fsp3) is 0.625. The van der Waals surface area contributed by atoms with Gasteiger partial charge in [0.1, 0.15) is 0 Å². The monoisotopic (exact) mass is 299 g/mol. The summed E-state index contributed by atoms with van der Waals surface area (Å²) >= 11 is 6.04. The van der Waals surface area contributed by atoms with Crippen LogP contribution in [0.3, 0.4) is 0 Å². The van der Waals surface area contributed by atoms with Crippen LogP contribution in [0.15, 0.2) is 24.3 Å². The Balaban J connectivity index is 2.38. The van der Waals surface area contributed by atoms with Crippen molar-refractivity contribution in [3.63, 3.8) is 0 Å². The Hall–Kier alpha value is -0.610. The minimum absolute atomic E-state index is 0.566. The molecule has 20 heavy (non-hydrogen) atoms. The minimum atomic E-state index is 0.566. The van der Waals surface area contributed by atoms with E-state index in [0.29, 0.717) is 19.1 Å². The average molecular weight is 300 g/mol. The number of halogens is 1. The van der Waals surface area contributed by atoms with E-state index in [1.54, 1.807) is 7.11 Å². The van der Waals surface area contributed by atoms with E-state index in [9.17, 15) is 0 Å². The minimum Gasteiger partial charge on any atom is -0.382 e. The quantitative estimate of drug-likeness (QED) is 0.637. The van der Waals surface area contributed by atoms with Crippen molar-refractivity contribution in [3.8, 4) is 0 Å². The Morgan fingerprint density at radius 1 is 1.25 bits per heavy atom. The topological polar surface area (TPSA) is 30.5 Å². The van der Waals surface area contributed by atoms with Crippen LogP contribution in [-0.2, 0) is 15.9 Å². The fourth-order valence-corrected chi connectivity index (χ4v) is 2.33. The van der Waals surface area contributed by atoms with Gasteiger partial charge in [0.2, 0.25) is 0 Å². The number of nitrogens with one attached hydrogen (secondary N) is 1. The Labute approximate surface area is 127 Å². The van der Waals surface area contributed by atoms with Crippen molar-refractivity contribution in [1.29, 1.82) is 0 Å². The van der Waals surface area contributed by atoms with E-state index in [1.165, 1.54) is 5.56 Å². The number of rotatable bonds is 11. The second-order valence-corrected chi connectivity index (χ2v) is 5.34. The number of hydrogen-bond acceptors (Lipinski definition) is 3. The van der Waals surface area contributed by atoms with Crippen LogP contribution >= 0.6 is 11.6 Å². The maximum absolute atomic E-state index is 6.04. The highest BCUT2D eigenvalue weighted by atomic mass is 35.5. The fourth-order valence-electron chi connectivity index (χ4n) is 2.12. The van der Waals surface area contributed by atoms with Crippen LogP contribution in [0, 0.1) is 5.92 Å². The van der Waals surface area contributed by atoms with Crippen molar-refractivity contribution in [2.45, 2.75) is 19.8 Å². The van der Waals surface area contributed by atoms with Crippen LogP contribution < -0.4 is 5.32 Å². The summed E-state index contributed by atoms with van der Waals surface area (Å²) in [6.45, 7) is 6.24. The molecule has 1 unspecified atom stereocenters. The van der Waals surface area contributed by atoms with Gasteiger partial charge in [0, 0.05) is 18.7 Å². The van der Waals surface area contributed by atoms with Gasteiger partial charge in [-0.2, -0.15) is 0 Å². The van der Waals surface area contributed by atoms with Crippen molar-refractivity contribution in [2.24, 2.45) is 5.92 Å². The maximum Gasteiger partial charge on any atom is 0.0700 e. The molecule has 0 aromatic heterocycles. The van der Waals surface area contributed by atoms with Gasteiger partial charge in [-0.3, -0.25) is 0 Å². The molecule has 4 heteroatoms. The number of benzene rings is 1. The Morgan fingerprint density at radius 2 is 2.10 bits per heavy atom. The summed E-state index contributed by atoms with van der Waals surface area (Å²) in [4.78, 5) is 0. The lowest BCUT2D eigenvalue weighted by molar-refractivity contribution is 0.0636. The van der Waals surface area contributed by atoms with E-state index in [1.807, 2.05) is 18.2 Å². The molecule has 0 heterocycles. The van der Waals surface area contributed by atoms with E-state index in [4.69, 9.17) is 21.1 Å². The molecule has 0 radical (unpaired) electrons. The Morgan fingerprint density at radius 3 is 2.80 bits per heavy atom. The predicted octanol–water partition coefficient (Wildman–Crippen LogP) is 3.16. The molecule has 0 aliphatic heterocycles. The first-order valence-electron chi connectivity index (χ1n) is 7.28. The van der Waals surface area contributed by atoms with Gasteiger partial charge in [0.25, 0.3) is 0 Å². The highest BCUT2D eigenvalue weighted by molar-refractivity contribution is 6.30. The molecular weight excluding hydrogens is 274 g/mol. The van der Waals surface area contributed by atoms with Crippen molar-refractivity contribution < 1.29 is 9.47 Å². The van der Waals surface area contributed by atoms with Crippen LogP contribution in [0.4, 0.5) is 0 Å². The van der Waals surface area contributed by atoms with Crippen molar-refractivity contribution in [2.75, 3.05) is 40.0 Å². The summed E-state index contributed by atoms with van der Waals surface area (Å²) in [5, 5.41) is 4.23. The Bertz CT molecular complexity index is 360. The van der Waals surface area contributed by atoms with E-state index < -0.39 is 0 Å². The van der Waals surface area contributed by atoms with Crippen molar-refractivity contribution >= 4 is 11.6 Å². The smallest absolute Gasteiger partial charge is 0.0700 e. The third kappa shape index (κ3) is 7.85. The molecule has 0 aliphatic rings. The zero-order chi connectivity index (χ0) is 14.6. The van der Waals surface area contributed by atoms with E-state index in [0.717, 1.165) is 37.6 Å². The zero-order valence-electron chi connectivity index (χ0n) is 12.5. The lowest BCUT2D eigenvalue weighted by Crippen LogP contribution is -2.25. The summed E-state index contributed by atoms with van der Waals surface area (Å²) in [5.41, 5.74) is 1.29. The first-order valence-corrected chi connectivity index (χ1v) is 7.66. The molecule has 0 saturated carbocycles. The maximum atomic E-state index is 6.04. The summed E-state index contributed by atoms with van der Waals surface area (Å²) in [6.07, 6.45) is 2.07. The zero-order valence-corrected chi connectivity index (χ0v) is 13.3. The molecule has 1 N–H and O–H groups in total. The highest BCUT2D eigenvalue weighted by Crippen LogP contribution is 2.16. The van der Waals surface area contributed by atoms with Gasteiger partial charge in [-0.1, -0.05) is 30.7 Å². The second-order valence-electron chi connectivity index (χ2n) is 4.90. The first-order chi connectivity index (χ1) is 9.76. The van der Waals surface area contributed by atoms with Crippen LogP contribution in [0.1, 0.15) is 18.9 Å². The van der Waals surface area contributed by atoms with Gasteiger partial charge in [-0.05, 0) is 49.5 Å². The van der Waals surface area contributed by atoms with Gasteiger partial charge in [0.05, 0.1) is 13.2 Å². The molecule has 0 fully saturated rings. The largest absolute Gasteiger partial charge is 0.382 e. The van der Waals surface area contributed by atoms with Gasteiger partial charge in [-0.15, -0.1) is 0 Å². The normalized spacial score (nSPS) is 12.6. The number of ether oxygens (including phenoxy) is 2. The molecular formula is C16H26ClNO2. The van der Waals surface area contributed by atoms with E-state index in [-0.39, 0.29) is 0 Å². The van der Waals surface area contributed by atoms with E-state index >= 15 is 0 Å². The lowest BCUT2D eigenvalue weighted by Gasteiger charge is -2.17. The van der Waals surface area contributed by atoms with Crippen LogP contribution in [0.25, 0.3) is 0 Å². The van der Waals surface area contributed by atoms with E-state index in [2.05, 4.69) is 18.3 Å². The first kappa shape index (κ1) is 17.4. The molecule has 1 aromatic carbocycles. The molecule has 0 saturated heterocycles. The predicted molar refractivity (Wildman–Crippen MR) is 84.5 cm³/mol. The average Bonchev–Trinajstić information content (AvgIpc) is 2.44. The molecule has 0 aliphatic carbocycles. The van der Waals surface area contributed by atoms with Gasteiger partial charge < -0.3 is 14.8 Å². The van der Waals surface area contributed by atoms with Crippen molar-refractivity contribution in [3.05, 3.63) is 34.9 Å². The molecule has 0 bridgehead atoms. The number of methoxy groups -OCH3 is 1. The van der Waals surface area contributed by atoms with Crippen LogP contribution in [0.5, 0.6) is 0 Å². The van der Waals surface area contributed by atoms with Crippen LogP contribution in [-0.4, -0.2) is 40.0 Å². The van der Waals surface area contributed by atoms with Gasteiger partial charge in [0.15, 0.2) is 0 Å². The molecule has 1 rings (SSSR count). The summed E-state index contributed by atoms with van der Waals surface area (Å²) in [7, 11) is 1.69. The SMILES string of the molecule is CCNCC(CCOCCOC)Cc1cccc(Cl)c1. The van der Waals surface area contributed by atoms with Crippen molar-refractivity contribution in [1.82, 2.24) is 5.32 Å². The standard InChI is InChI=1S/C16H26ClNO2/c1-3-18-13-15(7-8-20-10-9-19-2)11-14-5-4-6-16(17)12-14/h4-6,12,15,18H,3,7-11,13H2,1-2H3. The Kier molecular flexibility index (Phi) is 9.67. The van der Waals surface area contributed by atoms with Gasteiger partial charge in [-0.25, -0.2) is 0 Å². The van der Waals surface area contributed by atoms with Crippen LogP contribution in [0.2, 0.25) is 5.02 Å². The summed E-state index contributed by atoms with van der Waals surface area (Å²) in [5.74, 6) is 0.566. The molecule has 114 valence electrons.